The molecule has 2 aromatic rings. The minimum absolute atomic E-state index is 0.204. The summed E-state index contributed by atoms with van der Waals surface area (Å²) in [5.74, 6) is -0.204. The molecule has 0 fully saturated rings. The molecule has 3 nitrogen and oxygen atoms in total. The Bertz CT molecular complexity index is 608. The van der Waals surface area contributed by atoms with Crippen LogP contribution in [-0.4, -0.2) is 25.2 Å². The lowest BCUT2D eigenvalue weighted by molar-refractivity contribution is -0.145. The summed E-state index contributed by atoms with van der Waals surface area (Å²) < 4.78 is 5.17. The van der Waals surface area contributed by atoms with Crippen LogP contribution >= 0.6 is 0 Å². The fourth-order valence-electron chi connectivity index (χ4n) is 2.30. The Balaban J connectivity index is 1.92. The van der Waals surface area contributed by atoms with Crippen LogP contribution in [0.25, 0.3) is 6.08 Å². The molecule has 0 aliphatic rings. The van der Waals surface area contributed by atoms with Gasteiger partial charge in [-0.1, -0.05) is 72.8 Å². The molecule has 120 valence electrons. The van der Waals surface area contributed by atoms with E-state index in [1.165, 1.54) is 0 Å². The van der Waals surface area contributed by atoms with Crippen molar-refractivity contribution in [3.8, 4) is 0 Å². The predicted molar refractivity (Wildman–Crippen MR) is 94.0 cm³/mol. The molecule has 0 aliphatic heterocycles. The Kier molecular flexibility index (Phi) is 7.08. The van der Waals surface area contributed by atoms with Crippen LogP contribution in [0.1, 0.15) is 18.1 Å². The van der Waals surface area contributed by atoms with Gasteiger partial charge in [0.1, 0.15) is 6.04 Å². The third-order valence-electron chi connectivity index (χ3n) is 3.45. The fraction of sp³-hybridized carbons (Fsp3) is 0.250. The molecule has 0 saturated heterocycles. The normalized spacial score (nSPS) is 12.2. The van der Waals surface area contributed by atoms with Crippen LogP contribution in [0.5, 0.6) is 0 Å². The van der Waals surface area contributed by atoms with Gasteiger partial charge >= 0.3 is 5.97 Å². The van der Waals surface area contributed by atoms with E-state index in [1.54, 1.807) is 0 Å². The van der Waals surface area contributed by atoms with Crippen LogP contribution in [-0.2, 0) is 16.0 Å². The number of carbonyl (C=O) groups excluding carboxylic acids is 1. The first-order chi connectivity index (χ1) is 11.3. The maximum atomic E-state index is 12.1. The maximum Gasteiger partial charge on any atom is 0.323 e. The maximum absolute atomic E-state index is 12.1. The van der Waals surface area contributed by atoms with Gasteiger partial charge in [0.25, 0.3) is 0 Å². The molecule has 0 heterocycles. The number of esters is 1. The quantitative estimate of drug-likeness (QED) is 0.759. The first-order valence-corrected chi connectivity index (χ1v) is 7.95. The van der Waals surface area contributed by atoms with Crippen LogP contribution in [0, 0.1) is 0 Å². The summed E-state index contributed by atoms with van der Waals surface area (Å²) in [6.45, 7) is 2.84. The van der Waals surface area contributed by atoms with E-state index in [0.717, 1.165) is 11.1 Å². The van der Waals surface area contributed by atoms with E-state index in [4.69, 9.17) is 4.74 Å². The minimum atomic E-state index is -0.335. The lowest BCUT2D eigenvalue weighted by Gasteiger charge is -2.16. The second-order valence-electron chi connectivity index (χ2n) is 5.22. The van der Waals surface area contributed by atoms with Crippen molar-refractivity contribution in [2.45, 2.75) is 19.4 Å². The summed E-state index contributed by atoms with van der Waals surface area (Å²) in [5.41, 5.74) is 2.26. The number of rotatable bonds is 8. The van der Waals surface area contributed by atoms with E-state index in [9.17, 15) is 4.79 Å². The zero-order valence-electron chi connectivity index (χ0n) is 13.4. The van der Waals surface area contributed by atoms with Gasteiger partial charge in [-0.3, -0.25) is 4.79 Å². The average molecular weight is 309 g/mol. The zero-order valence-corrected chi connectivity index (χ0v) is 13.4. The van der Waals surface area contributed by atoms with E-state index in [2.05, 4.69) is 5.32 Å². The number of hydrogen-bond donors (Lipinski definition) is 1. The van der Waals surface area contributed by atoms with E-state index < -0.39 is 0 Å². The van der Waals surface area contributed by atoms with Gasteiger partial charge in [-0.25, -0.2) is 0 Å². The number of nitrogens with one attached hydrogen (secondary N) is 1. The Hall–Kier alpha value is -2.39. The second kappa shape index (κ2) is 9.59. The molecule has 0 amide bonds. The van der Waals surface area contributed by atoms with Crippen molar-refractivity contribution in [1.29, 1.82) is 0 Å². The zero-order chi connectivity index (χ0) is 16.3. The molecule has 0 saturated carbocycles. The van der Waals surface area contributed by atoms with Gasteiger partial charge in [0.05, 0.1) is 6.61 Å². The average Bonchev–Trinajstić information content (AvgIpc) is 2.59. The highest BCUT2D eigenvalue weighted by Gasteiger charge is 2.18. The SMILES string of the molecule is CCOC(=O)C(Cc1ccccc1)NC/C=C/c1ccccc1. The fourth-order valence-corrected chi connectivity index (χ4v) is 2.30. The Morgan fingerprint density at radius 3 is 2.39 bits per heavy atom. The molecule has 0 bridgehead atoms. The van der Waals surface area contributed by atoms with Crippen molar-refractivity contribution in [1.82, 2.24) is 5.32 Å². The van der Waals surface area contributed by atoms with Gasteiger partial charge < -0.3 is 10.1 Å². The standard InChI is InChI=1S/C20H23NO2/c1-2-23-20(22)19(16-18-12-7-4-8-13-18)21-15-9-14-17-10-5-3-6-11-17/h3-14,19,21H,2,15-16H2,1H3/b14-9+. The molecule has 2 aromatic carbocycles. The van der Waals surface area contributed by atoms with Crippen molar-refractivity contribution in [3.63, 3.8) is 0 Å². The molecule has 0 radical (unpaired) electrons. The molecule has 0 spiro atoms. The molecule has 1 unspecified atom stereocenters. The van der Waals surface area contributed by atoms with Crippen LogP contribution in [0.4, 0.5) is 0 Å². The Morgan fingerprint density at radius 1 is 1.09 bits per heavy atom. The Morgan fingerprint density at radius 2 is 1.74 bits per heavy atom. The molecule has 1 atom stereocenters. The number of hydrogen-bond acceptors (Lipinski definition) is 3. The predicted octanol–water partition coefficient (Wildman–Crippen LogP) is 3.46. The first-order valence-electron chi connectivity index (χ1n) is 7.95. The highest BCUT2D eigenvalue weighted by molar-refractivity contribution is 5.76. The number of ether oxygens (including phenoxy) is 1. The molecule has 1 N–H and O–H groups in total. The van der Waals surface area contributed by atoms with E-state index in [0.29, 0.717) is 19.6 Å². The Labute approximate surface area is 138 Å². The van der Waals surface area contributed by atoms with Gasteiger partial charge in [0.2, 0.25) is 0 Å². The smallest absolute Gasteiger partial charge is 0.323 e. The minimum Gasteiger partial charge on any atom is -0.465 e. The van der Waals surface area contributed by atoms with E-state index >= 15 is 0 Å². The highest BCUT2D eigenvalue weighted by Crippen LogP contribution is 2.05. The third-order valence-corrected chi connectivity index (χ3v) is 3.45. The summed E-state index contributed by atoms with van der Waals surface area (Å²) >= 11 is 0. The third kappa shape index (κ3) is 6.09. The topological polar surface area (TPSA) is 38.3 Å². The van der Waals surface area contributed by atoms with Crippen molar-refractivity contribution in [2.24, 2.45) is 0 Å². The van der Waals surface area contributed by atoms with Crippen molar-refractivity contribution >= 4 is 12.0 Å². The lowest BCUT2D eigenvalue weighted by atomic mass is 10.1. The van der Waals surface area contributed by atoms with Gasteiger partial charge in [-0.15, -0.1) is 0 Å². The van der Waals surface area contributed by atoms with Crippen LogP contribution < -0.4 is 5.32 Å². The first kappa shape index (κ1) is 17.0. The van der Waals surface area contributed by atoms with Gasteiger partial charge in [0, 0.05) is 6.54 Å². The van der Waals surface area contributed by atoms with E-state index in [1.807, 2.05) is 79.7 Å². The molecular weight excluding hydrogens is 286 g/mol. The van der Waals surface area contributed by atoms with Crippen LogP contribution in [0.3, 0.4) is 0 Å². The lowest BCUT2D eigenvalue weighted by Crippen LogP contribution is -2.40. The number of benzene rings is 2. The van der Waals surface area contributed by atoms with Gasteiger partial charge in [0.15, 0.2) is 0 Å². The largest absolute Gasteiger partial charge is 0.465 e. The van der Waals surface area contributed by atoms with Gasteiger partial charge in [-0.2, -0.15) is 0 Å². The summed E-state index contributed by atoms with van der Waals surface area (Å²) in [7, 11) is 0. The van der Waals surface area contributed by atoms with E-state index in [-0.39, 0.29) is 12.0 Å². The van der Waals surface area contributed by atoms with Crippen molar-refractivity contribution < 1.29 is 9.53 Å². The summed E-state index contributed by atoms with van der Waals surface area (Å²) in [5, 5.41) is 3.26. The second-order valence-corrected chi connectivity index (χ2v) is 5.22. The summed E-state index contributed by atoms with van der Waals surface area (Å²) in [6.07, 6.45) is 4.68. The highest BCUT2D eigenvalue weighted by atomic mass is 16.5. The summed E-state index contributed by atoms with van der Waals surface area (Å²) in [6, 6.07) is 19.7. The van der Waals surface area contributed by atoms with Crippen LogP contribution in [0.2, 0.25) is 0 Å². The van der Waals surface area contributed by atoms with Crippen molar-refractivity contribution in [2.75, 3.05) is 13.2 Å². The molecule has 0 aromatic heterocycles. The molecule has 0 aliphatic carbocycles. The van der Waals surface area contributed by atoms with Gasteiger partial charge in [-0.05, 0) is 24.5 Å². The van der Waals surface area contributed by atoms with Crippen molar-refractivity contribution in [3.05, 3.63) is 77.9 Å². The molecule has 2 rings (SSSR count). The molecule has 23 heavy (non-hydrogen) atoms. The molecular formula is C20H23NO2. The summed E-state index contributed by atoms with van der Waals surface area (Å²) in [4.78, 5) is 12.1. The molecule has 3 heteroatoms. The number of carbonyl (C=O) groups is 1. The monoisotopic (exact) mass is 309 g/mol. The van der Waals surface area contributed by atoms with Crippen LogP contribution in [0.15, 0.2) is 66.7 Å².